The Morgan fingerprint density at radius 1 is 1.41 bits per heavy atom. The second-order valence-corrected chi connectivity index (χ2v) is 5.13. The number of fused-ring (bicyclic) bond motifs is 1. The fraction of sp³-hybridized carbons (Fsp3) is 0.308. The zero-order valence-corrected chi connectivity index (χ0v) is 10.4. The number of anilines is 2. The Morgan fingerprint density at radius 3 is 3.06 bits per heavy atom. The van der Waals surface area contributed by atoms with Crippen LogP contribution >= 0.6 is 11.3 Å². The normalized spacial score (nSPS) is 18.4. The van der Waals surface area contributed by atoms with E-state index in [2.05, 4.69) is 34.1 Å². The SMILES string of the molecule is NCCC1CN(c2nccs2)c2ccccc21. The molecule has 2 N–H and O–H groups in total. The minimum absolute atomic E-state index is 0.542. The lowest BCUT2D eigenvalue weighted by molar-refractivity contribution is 0.668. The summed E-state index contributed by atoms with van der Waals surface area (Å²) >= 11 is 1.69. The molecule has 1 atom stereocenters. The average Bonchev–Trinajstić information content (AvgIpc) is 2.97. The Hall–Kier alpha value is -1.39. The van der Waals surface area contributed by atoms with Gasteiger partial charge in [-0.1, -0.05) is 18.2 Å². The van der Waals surface area contributed by atoms with Crippen molar-refractivity contribution in [3.8, 4) is 0 Å². The van der Waals surface area contributed by atoms with Gasteiger partial charge in [-0.05, 0) is 24.6 Å². The van der Waals surface area contributed by atoms with Crippen molar-refractivity contribution in [2.75, 3.05) is 18.0 Å². The summed E-state index contributed by atoms with van der Waals surface area (Å²) in [5, 5.41) is 3.10. The molecule has 0 radical (unpaired) electrons. The number of para-hydroxylation sites is 1. The van der Waals surface area contributed by atoms with Crippen molar-refractivity contribution in [3.05, 3.63) is 41.4 Å². The monoisotopic (exact) mass is 245 g/mol. The molecule has 0 fully saturated rings. The van der Waals surface area contributed by atoms with Gasteiger partial charge >= 0.3 is 0 Å². The van der Waals surface area contributed by atoms with Crippen molar-refractivity contribution >= 4 is 22.2 Å². The molecular formula is C13H15N3S. The molecule has 1 aromatic heterocycles. The zero-order chi connectivity index (χ0) is 11.7. The largest absolute Gasteiger partial charge is 0.330 e. The summed E-state index contributed by atoms with van der Waals surface area (Å²) in [5.74, 6) is 0.542. The van der Waals surface area contributed by atoms with E-state index in [1.807, 2.05) is 11.6 Å². The minimum atomic E-state index is 0.542. The maximum absolute atomic E-state index is 5.70. The number of thiazole rings is 1. The molecule has 88 valence electrons. The predicted molar refractivity (Wildman–Crippen MR) is 72.0 cm³/mol. The van der Waals surface area contributed by atoms with Gasteiger partial charge in [-0.2, -0.15) is 0 Å². The number of aromatic nitrogens is 1. The summed E-state index contributed by atoms with van der Waals surface area (Å²) in [5.41, 5.74) is 8.40. The highest BCUT2D eigenvalue weighted by atomic mass is 32.1. The van der Waals surface area contributed by atoms with Crippen LogP contribution in [-0.4, -0.2) is 18.1 Å². The number of hydrogen-bond donors (Lipinski definition) is 1. The lowest BCUT2D eigenvalue weighted by Gasteiger charge is -2.15. The van der Waals surface area contributed by atoms with Crippen LogP contribution in [0.1, 0.15) is 17.9 Å². The van der Waals surface area contributed by atoms with Crippen molar-refractivity contribution in [1.29, 1.82) is 0 Å². The van der Waals surface area contributed by atoms with E-state index in [4.69, 9.17) is 5.73 Å². The van der Waals surface area contributed by atoms with Crippen LogP contribution in [0, 0.1) is 0 Å². The Labute approximate surface area is 105 Å². The molecule has 1 aliphatic rings. The molecule has 2 aromatic rings. The van der Waals surface area contributed by atoms with Gasteiger partial charge in [-0.3, -0.25) is 0 Å². The Morgan fingerprint density at radius 2 is 2.29 bits per heavy atom. The highest BCUT2D eigenvalue weighted by Gasteiger charge is 2.29. The van der Waals surface area contributed by atoms with Crippen molar-refractivity contribution in [2.45, 2.75) is 12.3 Å². The van der Waals surface area contributed by atoms with Gasteiger partial charge in [0, 0.05) is 29.7 Å². The van der Waals surface area contributed by atoms with Gasteiger partial charge in [-0.15, -0.1) is 11.3 Å². The van der Waals surface area contributed by atoms with Gasteiger partial charge in [-0.25, -0.2) is 4.98 Å². The van der Waals surface area contributed by atoms with E-state index in [9.17, 15) is 0 Å². The first kappa shape index (κ1) is 10.7. The Balaban J connectivity index is 1.99. The number of hydrogen-bond acceptors (Lipinski definition) is 4. The summed E-state index contributed by atoms with van der Waals surface area (Å²) in [4.78, 5) is 6.71. The third kappa shape index (κ3) is 1.83. The van der Waals surface area contributed by atoms with E-state index in [0.29, 0.717) is 5.92 Å². The summed E-state index contributed by atoms with van der Waals surface area (Å²) in [6.07, 6.45) is 2.90. The summed E-state index contributed by atoms with van der Waals surface area (Å²) in [7, 11) is 0. The maximum atomic E-state index is 5.70. The second kappa shape index (κ2) is 4.47. The van der Waals surface area contributed by atoms with E-state index in [0.717, 1.165) is 24.6 Å². The quantitative estimate of drug-likeness (QED) is 0.904. The topological polar surface area (TPSA) is 42.1 Å². The molecule has 4 heteroatoms. The summed E-state index contributed by atoms with van der Waals surface area (Å²) in [6.45, 7) is 1.74. The van der Waals surface area contributed by atoms with E-state index in [1.165, 1.54) is 11.3 Å². The highest BCUT2D eigenvalue weighted by Crippen LogP contribution is 2.42. The molecule has 0 aliphatic carbocycles. The molecule has 0 amide bonds. The van der Waals surface area contributed by atoms with Crippen LogP contribution in [-0.2, 0) is 0 Å². The predicted octanol–water partition coefficient (Wildman–Crippen LogP) is 2.73. The third-order valence-electron chi connectivity index (χ3n) is 3.24. The van der Waals surface area contributed by atoms with Crippen LogP contribution in [0.5, 0.6) is 0 Å². The molecular weight excluding hydrogens is 230 g/mol. The molecule has 1 unspecified atom stereocenters. The number of benzene rings is 1. The Kier molecular flexibility index (Phi) is 2.82. The maximum Gasteiger partial charge on any atom is 0.189 e. The summed E-state index contributed by atoms with van der Waals surface area (Å²) in [6, 6.07) is 8.58. The molecule has 3 rings (SSSR count). The highest BCUT2D eigenvalue weighted by molar-refractivity contribution is 7.13. The van der Waals surface area contributed by atoms with E-state index in [1.54, 1.807) is 11.3 Å². The van der Waals surface area contributed by atoms with Gasteiger partial charge < -0.3 is 10.6 Å². The van der Waals surface area contributed by atoms with Crippen LogP contribution in [0.15, 0.2) is 35.8 Å². The van der Waals surface area contributed by atoms with Crippen LogP contribution in [0.25, 0.3) is 0 Å². The molecule has 1 aromatic carbocycles. The van der Waals surface area contributed by atoms with Gasteiger partial charge in [0.05, 0.1) is 0 Å². The molecule has 1 aliphatic heterocycles. The van der Waals surface area contributed by atoms with Crippen LogP contribution in [0.4, 0.5) is 10.8 Å². The first-order valence-electron chi connectivity index (χ1n) is 5.86. The van der Waals surface area contributed by atoms with Crippen molar-refractivity contribution < 1.29 is 0 Å². The molecule has 0 spiro atoms. The van der Waals surface area contributed by atoms with Crippen LogP contribution in [0.2, 0.25) is 0 Å². The van der Waals surface area contributed by atoms with Gasteiger partial charge in [0.25, 0.3) is 0 Å². The molecule has 3 nitrogen and oxygen atoms in total. The fourth-order valence-electron chi connectivity index (χ4n) is 2.47. The van der Waals surface area contributed by atoms with Crippen LogP contribution < -0.4 is 10.6 Å². The molecule has 0 saturated carbocycles. The minimum Gasteiger partial charge on any atom is -0.330 e. The van der Waals surface area contributed by atoms with Crippen LogP contribution in [0.3, 0.4) is 0 Å². The molecule has 0 saturated heterocycles. The van der Waals surface area contributed by atoms with E-state index >= 15 is 0 Å². The lowest BCUT2D eigenvalue weighted by Crippen LogP contribution is -2.17. The molecule has 2 heterocycles. The lowest BCUT2D eigenvalue weighted by atomic mass is 9.98. The first-order chi connectivity index (χ1) is 8.40. The average molecular weight is 245 g/mol. The fourth-order valence-corrected chi connectivity index (χ4v) is 3.14. The van der Waals surface area contributed by atoms with Crippen molar-refractivity contribution in [2.24, 2.45) is 5.73 Å². The molecule has 17 heavy (non-hydrogen) atoms. The second-order valence-electron chi connectivity index (χ2n) is 4.26. The van der Waals surface area contributed by atoms with E-state index < -0.39 is 0 Å². The zero-order valence-electron chi connectivity index (χ0n) is 9.54. The number of nitrogens with zero attached hydrogens (tertiary/aromatic N) is 2. The number of nitrogens with two attached hydrogens (primary N) is 1. The number of rotatable bonds is 3. The van der Waals surface area contributed by atoms with E-state index in [-0.39, 0.29) is 0 Å². The van der Waals surface area contributed by atoms with Crippen molar-refractivity contribution in [3.63, 3.8) is 0 Å². The Bertz CT molecular complexity index is 495. The van der Waals surface area contributed by atoms with Gasteiger partial charge in [0.15, 0.2) is 5.13 Å². The first-order valence-corrected chi connectivity index (χ1v) is 6.74. The van der Waals surface area contributed by atoms with Gasteiger partial charge in [0.1, 0.15) is 0 Å². The third-order valence-corrected chi connectivity index (χ3v) is 4.03. The molecule has 0 bridgehead atoms. The standard InChI is InChI=1S/C13H15N3S/c14-6-5-10-9-16(13-15-7-8-17-13)12-4-2-1-3-11(10)12/h1-4,7-8,10H,5-6,9,14H2. The smallest absolute Gasteiger partial charge is 0.189 e. The van der Waals surface area contributed by atoms with Gasteiger partial charge in [0.2, 0.25) is 0 Å². The summed E-state index contributed by atoms with van der Waals surface area (Å²) < 4.78 is 0. The van der Waals surface area contributed by atoms with Crippen molar-refractivity contribution in [1.82, 2.24) is 4.98 Å².